The fourth-order valence-electron chi connectivity index (χ4n) is 3.18. The van der Waals surface area contributed by atoms with E-state index in [1.807, 2.05) is 17.9 Å². The Balaban J connectivity index is 1.47. The molecule has 22 heavy (non-hydrogen) atoms. The third-order valence-electron chi connectivity index (χ3n) is 4.56. The Morgan fingerprint density at radius 3 is 2.59 bits per heavy atom. The lowest BCUT2D eigenvalue weighted by Crippen LogP contribution is -2.54. The van der Waals surface area contributed by atoms with Crippen molar-refractivity contribution in [3.63, 3.8) is 0 Å². The molecule has 3 rings (SSSR count). The summed E-state index contributed by atoms with van der Waals surface area (Å²) in [4.78, 5) is 16.6. The predicted octanol–water partition coefficient (Wildman–Crippen LogP) is 2.09. The van der Waals surface area contributed by atoms with Crippen LogP contribution in [0.4, 0.5) is 10.5 Å². The van der Waals surface area contributed by atoms with Gasteiger partial charge in [-0.25, -0.2) is 4.79 Å². The van der Waals surface area contributed by atoms with E-state index in [0.717, 1.165) is 45.6 Å². The van der Waals surface area contributed by atoms with Gasteiger partial charge < -0.3 is 19.9 Å². The number of carbonyl (C=O) groups is 1. The van der Waals surface area contributed by atoms with Crippen LogP contribution in [0.2, 0.25) is 0 Å². The van der Waals surface area contributed by atoms with Crippen LogP contribution in [0.5, 0.6) is 0 Å². The number of para-hydroxylation sites is 1. The first kappa shape index (κ1) is 15.2. The fourth-order valence-corrected chi connectivity index (χ4v) is 3.18. The number of rotatable bonds is 3. The molecular formula is C17H25N3O2. The van der Waals surface area contributed by atoms with Crippen LogP contribution in [-0.2, 0) is 4.74 Å². The van der Waals surface area contributed by atoms with E-state index in [2.05, 4.69) is 34.5 Å². The van der Waals surface area contributed by atoms with E-state index in [9.17, 15) is 4.79 Å². The van der Waals surface area contributed by atoms with Crippen molar-refractivity contribution in [2.24, 2.45) is 0 Å². The van der Waals surface area contributed by atoms with Crippen molar-refractivity contribution in [1.29, 1.82) is 0 Å². The summed E-state index contributed by atoms with van der Waals surface area (Å²) in [6.45, 7) is 6.14. The van der Waals surface area contributed by atoms with Gasteiger partial charge in [-0.05, 0) is 31.9 Å². The minimum atomic E-state index is 0.0377. The molecule has 2 saturated heterocycles. The van der Waals surface area contributed by atoms with Crippen molar-refractivity contribution >= 4 is 11.7 Å². The number of carbonyl (C=O) groups excluding carboxylic acids is 1. The quantitative estimate of drug-likeness (QED) is 0.930. The molecule has 2 heterocycles. The minimum Gasteiger partial charge on any atom is -0.376 e. The van der Waals surface area contributed by atoms with Crippen molar-refractivity contribution in [3.05, 3.63) is 30.3 Å². The summed E-state index contributed by atoms with van der Waals surface area (Å²) in [5, 5.41) is 3.09. The van der Waals surface area contributed by atoms with E-state index in [4.69, 9.17) is 4.74 Å². The summed E-state index contributed by atoms with van der Waals surface area (Å²) in [5.74, 6) is 0. The molecule has 2 aliphatic heterocycles. The number of piperazine rings is 1. The number of anilines is 1. The zero-order chi connectivity index (χ0) is 15.4. The van der Waals surface area contributed by atoms with Crippen LogP contribution in [-0.4, -0.2) is 55.9 Å². The van der Waals surface area contributed by atoms with E-state index in [0.29, 0.717) is 0 Å². The van der Waals surface area contributed by atoms with Crippen LogP contribution in [0.15, 0.2) is 30.3 Å². The fraction of sp³-hybridized carbons (Fsp3) is 0.588. The number of urea groups is 1. The summed E-state index contributed by atoms with van der Waals surface area (Å²) < 4.78 is 5.64. The lowest BCUT2D eigenvalue weighted by molar-refractivity contribution is 0.0831. The Labute approximate surface area is 132 Å². The van der Waals surface area contributed by atoms with Gasteiger partial charge in [0.1, 0.15) is 0 Å². The summed E-state index contributed by atoms with van der Waals surface area (Å²) in [6, 6.07) is 10.5. The third kappa shape index (κ3) is 3.53. The van der Waals surface area contributed by atoms with E-state index in [1.165, 1.54) is 5.69 Å². The van der Waals surface area contributed by atoms with Crippen LogP contribution in [0.25, 0.3) is 0 Å². The lowest BCUT2D eigenvalue weighted by atomic mass is 10.1. The van der Waals surface area contributed by atoms with E-state index in [1.54, 1.807) is 0 Å². The predicted molar refractivity (Wildman–Crippen MR) is 87.2 cm³/mol. The second-order valence-corrected chi connectivity index (χ2v) is 6.10. The van der Waals surface area contributed by atoms with Gasteiger partial charge in [0.2, 0.25) is 0 Å². The first-order valence-electron chi connectivity index (χ1n) is 8.21. The molecule has 5 nitrogen and oxygen atoms in total. The van der Waals surface area contributed by atoms with E-state index >= 15 is 0 Å². The zero-order valence-corrected chi connectivity index (χ0v) is 13.2. The average molecular weight is 303 g/mol. The highest BCUT2D eigenvalue weighted by molar-refractivity contribution is 5.75. The lowest BCUT2D eigenvalue weighted by Gasteiger charge is -2.36. The molecule has 0 aliphatic carbocycles. The Hall–Kier alpha value is -1.75. The van der Waals surface area contributed by atoms with Gasteiger partial charge in [-0.1, -0.05) is 18.2 Å². The highest BCUT2D eigenvalue weighted by Gasteiger charge is 2.27. The van der Waals surface area contributed by atoms with E-state index in [-0.39, 0.29) is 18.2 Å². The molecule has 1 N–H and O–H groups in total. The Morgan fingerprint density at radius 2 is 1.95 bits per heavy atom. The molecule has 2 aliphatic rings. The SMILES string of the molecule is C[C@H](NC(=O)N1CCN(c2ccccc2)CC1)[C@@H]1CCCO1. The zero-order valence-electron chi connectivity index (χ0n) is 13.2. The van der Waals surface area contributed by atoms with Crippen molar-refractivity contribution in [3.8, 4) is 0 Å². The molecule has 1 aromatic carbocycles. The first-order valence-corrected chi connectivity index (χ1v) is 8.21. The van der Waals surface area contributed by atoms with Gasteiger partial charge in [-0.2, -0.15) is 0 Å². The number of ether oxygens (including phenoxy) is 1. The molecule has 0 aromatic heterocycles. The maximum Gasteiger partial charge on any atom is 0.317 e. The number of benzene rings is 1. The molecule has 0 unspecified atom stereocenters. The van der Waals surface area contributed by atoms with Crippen molar-refractivity contribution in [1.82, 2.24) is 10.2 Å². The number of nitrogens with one attached hydrogen (secondary N) is 1. The molecule has 1 aromatic rings. The standard InChI is InChI=1S/C17H25N3O2/c1-14(16-8-5-13-22-16)18-17(21)20-11-9-19(10-12-20)15-6-3-2-4-7-15/h2-4,6-7,14,16H,5,8-13H2,1H3,(H,18,21)/t14-,16-/m0/s1. The van der Waals surface area contributed by atoms with Crippen molar-refractivity contribution in [2.75, 3.05) is 37.7 Å². The van der Waals surface area contributed by atoms with Gasteiger partial charge in [-0.15, -0.1) is 0 Å². The number of amides is 2. The maximum atomic E-state index is 12.3. The summed E-state index contributed by atoms with van der Waals surface area (Å²) in [5.41, 5.74) is 1.23. The molecular weight excluding hydrogens is 278 g/mol. The summed E-state index contributed by atoms with van der Waals surface area (Å²) >= 11 is 0. The van der Waals surface area contributed by atoms with Crippen LogP contribution in [0.3, 0.4) is 0 Å². The van der Waals surface area contributed by atoms with Gasteiger partial charge in [0.25, 0.3) is 0 Å². The molecule has 0 saturated carbocycles. The topological polar surface area (TPSA) is 44.8 Å². The second-order valence-electron chi connectivity index (χ2n) is 6.10. The minimum absolute atomic E-state index is 0.0377. The Kier molecular flexibility index (Phi) is 4.83. The van der Waals surface area contributed by atoms with E-state index < -0.39 is 0 Å². The molecule has 0 bridgehead atoms. The van der Waals surface area contributed by atoms with Gasteiger partial charge in [0, 0.05) is 38.5 Å². The van der Waals surface area contributed by atoms with Gasteiger partial charge in [0.05, 0.1) is 12.1 Å². The highest BCUT2D eigenvalue weighted by atomic mass is 16.5. The summed E-state index contributed by atoms with van der Waals surface area (Å²) in [7, 11) is 0. The van der Waals surface area contributed by atoms with Crippen LogP contribution in [0, 0.1) is 0 Å². The molecule has 0 spiro atoms. The van der Waals surface area contributed by atoms with Gasteiger partial charge in [-0.3, -0.25) is 0 Å². The van der Waals surface area contributed by atoms with Gasteiger partial charge >= 0.3 is 6.03 Å². The smallest absolute Gasteiger partial charge is 0.317 e. The number of hydrogen-bond acceptors (Lipinski definition) is 3. The molecule has 2 amide bonds. The Bertz CT molecular complexity index is 480. The molecule has 2 fully saturated rings. The molecule has 120 valence electrons. The molecule has 0 radical (unpaired) electrons. The first-order chi connectivity index (χ1) is 10.7. The monoisotopic (exact) mass is 303 g/mol. The molecule has 2 atom stereocenters. The molecule has 5 heteroatoms. The highest BCUT2D eigenvalue weighted by Crippen LogP contribution is 2.17. The average Bonchev–Trinajstić information content (AvgIpc) is 3.10. The number of nitrogens with zero attached hydrogens (tertiary/aromatic N) is 2. The van der Waals surface area contributed by atoms with Crippen molar-refractivity contribution < 1.29 is 9.53 Å². The Morgan fingerprint density at radius 1 is 1.23 bits per heavy atom. The van der Waals surface area contributed by atoms with Gasteiger partial charge in [0.15, 0.2) is 0 Å². The van der Waals surface area contributed by atoms with Crippen LogP contribution in [0.1, 0.15) is 19.8 Å². The second kappa shape index (κ2) is 7.01. The van der Waals surface area contributed by atoms with Crippen LogP contribution < -0.4 is 10.2 Å². The largest absolute Gasteiger partial charge is 0.376 e. The normalized spacial score (nSPS) is 23.4. The van der Waals surface area contributed by atoms with Crippen LogP contribution >= 0.6 is 0 Å². The van der Waals surface area contributed by atoms with Crippen molar-refractivity contribution in [2.45, 2.75) is 31.9 Å². The third-order valence-corrected chi connectivity index (χ3v) is 4.56. The number of hydrogen-bond donors (Lipinski definition) is 1. The summed E-state index contributed by atoms with van der Waals surface area (Å²) in [6.07, 6.45) is 2.32. The maximum absolute atomic E-state index is 12.3.